The summed E-state index contributed by atoms with van der Waals surface area (Å²) in [6, 6.07) is 7.41. The first-order valence-corrected chi connectivity index (χ1v) is 8.71. The lowest BCUT2D eigenvalue weighted by Gasteiger charge is -2.45. The quantitative estimate of drug-likeness (QED) is 0.279. The summed E-state index contributed by atoms with van der Waals surface area (Å²) in [5.41, 5.74) is 0.652. The maximum atomic E-state index is 12.4. The van der Waals surface area contributed by atoms with Gasteiger partial charge in [-0.1, -0.05) is 30.3 Å². The molecule has 1 heterocycles. The molecule has 0 radical (unpaired) electrons. The van der Waals surface area contributed by atoms with E-state index in [9.17, 15) is 30.0 Å². The van der Waals surface area contributed by atoms with Crippen molar-refractivity contribution in [2.24, 2.45) is 0 Å². The van der Waals surface area contributed by atoms with E-state index < -0.39 is 61.1 Å². The maximum absolute atomic E-state index is 12.4. The van der Waals surface area contributed by atoms with Gasteiger partial charge in [-0.05, 0) is 5.56 Å². The second-order valence-corrected chi connectivity index (χ2v) is 6.67. The summed E-state index contributed by atoms with van der Waals surface area (Å²) >= 11 is 0. The minimum absolute atomic E-state index is 0.164. The van der Waals surface area contributed by atoms with Crippen LogP contribution in [0.25, 0.3) is 0 Å². The number of carbonyl (C=O) groups is 2. The fourth-order valence-corrected chi connectivity index (χ4v) is 2.97. The fourth-order valence-electron chi connectivity index (χ4n) is 2.97. The van der Waals surface area contributed by atoms with E-state index in [1.807, 2.05) is 0 Å². The molecule has 2 unspecified atom stereocenters. The lowest BCUT2D eigenvalue weighted by atomic mass is 9.88. The zero-order valence-electron chi connectivity index (χ0n) is 15.3. The van der Waals surface area contributed by atoms with Crippen LogP contribution in [0.5, 0.6) is 0 Å². The molecule has 1 amide bonds. The third-order valence-electron chi connectivity index (χ3n) is 4.40. The van der Waals surface area contributed by atoms with Gasteiger partial charge in [0.1, 0.15) is 24.9 Å². The van der Waals surface area contributed by atoms with Crippen LogP contribution < -0.4 is 5.32 Å². The predicted molar refractivity (Wildman–Crippen MR) is 93.4 cm³/mol. The third-order valence-corrected chi connectivity index (χ3v) is 4.40. The van der Waals surface area contributed by atoms with Gasteiger partial charge >= 0.3 is 5.97 Å². The lowest BCUT2D eigenvalue weighted by Crippen LogP contribution is -2.67. The van der Waals surface area contributed by atoms with Gasteiger partial charge in [0.2, 0.25) is 5.91 Å². The molecular formula is C18H25NO9. The van der Waals surface area contributed by atoms with E-state index in [1.165, 1.54) is 0 Å². The number of nitrogens with one attached hydrogen (secondary N) is 1. The summed E-state index contributed by atoms with van der Waals surface area (Å²) in [5, 5.41) is 52.2. The van der Waals surface area contributed by atoms with Gasteiger partial charge in [-0.3, -0.25) is 4.79 Å². The van der Waals surface area contributed by atoms with Gasteiger partial charge in [-0.15, -0.1) is 0 Å². The highest BCUT2D eigenvalue weighted by molar-refractivity contribution is 5.78. The van der Waals surface area contributed by atoms with Crippen LogP contribution in [0.3, 0.4) is 0 Å². The highest BCUT2D eigenvalue weighted by Gasteiger charge is 2.54. The molecule has 6 N–H and O–H groups in total. The van der Waals surface area contributed by atoms with Crippen molar-refractivity contribution < 1.29 is 44.6 Å². The molecule has 10 nitrogen and oxygen atoms in total. The van der Waals surface area contributed by atoms with Crippen LogP contribution in [0, 0.1) is 0 Å². The molecule has 1 fully saturated rings. The third kappa shape index (κ3) is 5.25. The summed E-state index contributed by atoms with van der Waals surface area (Å²) in [5.74, 6) is -4.39. The van der Waals surface area contributed by atoms with Crippen LogP contribution in [0.2, 0.25) is 0 Å². The van der Waals surface area contributed by atoms with E-state index in [-0.39, 0.29) is 6.61 Å². The molecule has 10 heteroatoms. The fraction of sp³-hybridized carbons (Fsp3) is 0.556. The Kier molecular flexibility index (Phi) is 7.47. The molecule has 2 rings (SSSR count). The van der Waals surface area contributed by atoms with Crippen molar-refractivity contribution in [3.05, 3.63) is 35.9 Å². The molecule has 0 aliphatic carbocycles. The van der Waals surface area contributed by atoms with Crippen molar-refractivity contribution in [1.82, 2.24) is 5.32 Å². The highest BCUT2D eigenvalue weighted by atomic mass is 16.7. The Balaban J connectivity index is 2.17. The van der Waals surface area contributed by atoms with Crippen molar-refractivity contribution in [2.75, 3.05) is 6.61 Å². The molecule has 0 spiro atoms. The van der Waals surface area contributed by atoms with Crippen molar-refractivity contribution >= 4 is 11.9 Å². The molecule has 0 saturated carbocycles. The molecule has 1 saturated heterocycles. The number of hydrogen-bond acceptors (Lipinski definition) is 9. The first kappa shape index (κ1) is 22.2. The van der Waals surface area contributed by atoms with E-state index in [0.717, 1.165) is 6.92 Å². The average Bonchev–Trinajstić information content (AvgIpc) is 2.67. The standard InChI is InChI=1S/C18H25NO9/c1-10(21)19-14-12(22)7-18(26,28-16(14)15(24)13(23)8-20)17(25)27-9-11-5-3-2-4-6-11/h2-6,12-16,20,22-24,26H,7-9H2,1H3,(H,19,21)/t12-,13?,14+,15?,16+,18-/m0/s1. The number of benzene rings is 1. The molecule has 6 atom stereocenters. The zero-order chi connectivity index (χ0) is 20.9. The SMILES string of the molecule is CC(=O)N[C@@H]1[C@@H](O)C[C@@](O)(C(=O)OCc2ccccc2)O[C@H]1C(O)C(O)CO. The number of aliphatic hydroxyl groups is 5. The number of hydrogen-bond donors (Lipinski definition) is 6. The Morgan fingerprint density at radius 1 is 1.32 bits per heavy atom. The first-order chi connectivity index (χ1) is 13.2. The number of carbonyl (C=O) groups excluding carboxylic acids is 2. The van der Waals surface area contributed by atoms with Gasteiger partial charge in [-0.25, -0.2) is 4.79 Å². The van der Waals surface area contributed by atoms with E-state index >= 15 is 0 Å². The largest absolute Gasteiger partial charge is 0.457 e. The molecule has 28 heavy (non-hydrogen) atoms. The van der Waals surface area contributed by atoms with E-state index in [0.29, 0.717) is 5.56 Å². The van der Waals surface area contributed by atoms with Gasteiger partial charge < -0.3 is 40.3 Å². The first-order valence-electron chi connectivity index (χ1n) is 8.71. The maximum Gasteiger partial charge on any atom is 0.367 e. The number of ether oxygens (including phenoxy) is 2. The van der Waals surface area contributed by atoms with Crippen LogP contribution in [-0.4, -0.2) is 80.3 Å². The Morgan fingerprint density at radius 3 is 2.54 bits per heavy atom. The minimum Gasteiger partial charge on any atom is -0.457 e. The predicted octanol–water partition coefficient (Wildman–Crippen LogP) is -2.21. The minimum atomic E-state index is -2.62. The summed E-state index contributed by atoms with van der Waals surface area (Å²) in [7, 11) is 0. The van der Waals surface area contributed by atoms with Crippen LogP contribution in [0.15, 0.2) is 30.3 Å². The van der Waals surface area contributed by atoms with E-state index in [2.05, 4.69) is 5.32 Å². The van der Waals surface area contributed by atoms with E-state index in [4.69, 9.17) is 14.6 Å². The molecule has 1 aromatic rings. The van der Waals surface area contributed by atoms with Crippen LogP contribution >= 0.6 is 0 Å². The smallest absolute Gasteiger partial charge is 0.367 e. The second kappa shape index (κ2) is 9.41. The van der Waals surface area contributed by atoms with Crippen LogP contribution in [0.4, 0.5) is 0 Å². The normalized spacial score (nSPS) is 29.6. The summed E-state index contributed by atoms with van der Waals surface area (Å²) in [6.45, 7) is 0.150. The van der Waals surface area contributed by atoms with Crippen molar-refractivity contribution in [2.45, 2.75) is 56.2 Å². The lowest BCUT2D eigenvalue weighted by molar-refractivity contribution is -0.297. The summed E-state index contributed by atoms with van der Waals surface area (Å²) in [6.07, 6.45) is -7.24. The number of amides is 1. The molecule has 1 aliphatic heterocycles. The summed E-state index contributed by atoms with van der Waals surface area (Å²) < 4.78 is 10.3. The molecule has 156 valence electrons. The molecule has 1 aromatic carbocycles. The van der Waals surface area contributed by atoms with Crippen LogP contribution in [0.1, 0.15) is 18.9 Å². The summed E-state index contributed by atoms with van der Waals surface area (Å²) in [4.78, 5) is 23.8. The number of rotatable bonds is 7. The highest BCUT2D eigenvalue weighted by Crippen LogP contribution is 2.31. The molecule has 0 bridgehead atoms. The van der Waals surface area contributed by atoms with Crippen molar-refractivity contribution in [3.63, 3.8) is 0 Å². The Labute approximate surface area is 161 Å². The van der Waals surface area contributed by atoms with E-state index in [1.54, 1.807) is 30.3 Å². The van der Waals surface area contributed by atoms with Gasteiger partial charge in [-0.2, -0.15) is 0 Å². The van der Waals surface area contributed by atoms with Crippen LogP contribution in [-0.2, 0) is 25.7 Å². The Bertz CT molecular complexity index is 670. The topological polar surface area (TPSA) is 166 Å². The van der Waals surface area contributed by atoms with Crippen molar-refractivity contribution in [3.8, 4) is 0 Å². The Hall–Kier alpha value is -2.08. The molecular weight excluding hydrogens is 374 g/mol. The van der Waals surface area contributed by atoms with Gasteiger partial charge in [0.25, 0.3) is 5.79 Å². The molecule has 1 aliphatic rings. The van der Waals surface area contributed by atoms with Gasteiger partial charge in [0.05, 0.1) is 18.8 Å². The number of esters is 1. The van der Waals surface area contributed by atoms with Crippen molar-refractivity contribution in [1.29, 1.82) is 0 Å². The second-order valence-electron chi connectivity index (χ2n) is 6.67. The molecule has 0 aromatic heterocycles. The Morgan fingerprint density at radius 2 is 1.96 bits per heavy atom. The van der Waals surface area contributed by atoms with Gasteiger partial charge in [0.15, 0.2) is 0 Å². The number of aliphatic hydroxyl groups excluding tert-OH is 4. The monoisotopic (exact) mass is 399 g/mol. The average molecular weight is 399 g/mol. The zero-order valence-corrected chi connectivity index (χ0v) is 15.3. The van der Waals surface area contributed by atoms with Gasteiger partial charge in [0, 0.05) is 13.3 Å².